The zero-order chi connectivity index (χ0) is 15.3. The highest BCUT2D eigenvalue weighted by molar-refractivity contribution is 7.14. The van der Waals surface area contributed by atoms with E-state index in [0.29, 0.717) is 5.56 Å². The number of hydrogen-bond acceptors (Lipinski definition) is 5. The first-order chi connectivity index (χ1) is 10.6. The fourth-order valence-corrected chi connectivity index (χ4v) is 3.03. The summed E-state index contributed by atoms with van der Waals surface area (Å²) in [4.78, 5) is 17.7. The summed E-state index contributed by atoms with van der Waals surface area (Å²) < 4.78 is 5.25. The van der Waals surface area contributed by atoms with Crippen molar-refractivity contribution in [3.63, 3.8) is 0 Å². The minimum absolute atomic E-state index is 0.173. The van der Waals surface area contributed by atoms with Crippen molar-refractivity contribution < 1.29 is 4.79 Å². The lowest BCUT2D eigenvalue weighted by Crippen LogP contribution is -2.27. The van der Waals surface area contributed by atoms with Crippen LogP contribution in [0, 0.1) is 0 Å². The summed E-state index contributed by atoms with van der Waals surface area (Å²) in [7, 11) is 1.88. The monoisotopic (exact) mass is 315 g/mol. The summed E-state index contributed by atoms with van der Waals surface area (Å²) >= 11 is 1.46. The van der Waals surface area contributed by atoms with E-state index in [2.05, 4.69) is 20.5 Å². The number of aryl methyl sites for hydroxylation is 1. The molecule has 0 aliphatic carbocycles. The van der Waals surface area contributed by atoms with Crippen LogP contribution in [0.5, 0.6) is 0 Å². The molecule has 0 saturated heterocycles. The summed E-state index contributed by atoms with van der Waals surface area (Å²) in [6, 6.07) is -0.211. The third-order valence-corrected chi connectivity index (χ3v) is 4.26. The Bertz CT molecular complexity index is 947. The molecule has 0 aliphatic rings. The van der Waals surface area contributed by atoms with Gasteiger partial charge in [-0.3, -0.25) is 4.79 Å². The summed E-state index contributed by atoms with van der Waals surface area (Å²) in [5.74, 6) is -0.173. The minimum Gasteiger partial charge on any atom is -0.344 e. The molecule has 22 heavy (non-hydrogen) atoms. The topological polar surface area (TPSA) is 81.5 Å². The van der Waals surface area contributed by atoms with Gasteiger partial charge in [0.05, 0.1) is 24.1 Å². The van der Waals surface area contributed by atoms with Gasteiger partial charge in [-0.15, -0.1) is 0 Å². The predicted molar refractivity (Wildman–Crippen MR) is 80.9 cm³/mol. The second-order valence-electron chi connectivity index (χ2n) is 5.06. The van der Waals surface area contributed by atoms with Crippen LogP contribution in [0.1, 0.15) is 29.0 Å². The molecule has 0 aliphatic heterocycles. The van der Waals surface area contributed by atoms with Gasteiger partial charge in [0.2, 0.25) is 4.96 Å². The molecule has 0 saturated carbocycles. The molecule has 4 rings (SSSR count). The van der Waals surface area contributed by atoms with Gasteiger partial charge in [0.1, 0.15) is 16.7 Å². The molecule has 4 aromatic heterocycles. The van der Waals surface area contributed by atoms with Crippen molar-refractivity contribution in [3.8, 4) is 0 Å². The molecular formula is C13H13N7OS. The highest BCUT2D eigenvalue weighted by atomic mass is 32.1. The van der Waals surface area contributed by atoms with Crippen LogP contribution in [0.15, 0.2) is 30.3 Å². The Morgan fingerprint density at radius 3 is 3.00 bits per heavy atom. The lowest BCUT2D eigenvalue weighted by Gasteiger charge is -2.10. The highest BCUT2D eigenvalue weighted by Crippen LogP contribution is 2.17. The van der Waals surface area contributed by atoms with E-state index in [-0.39, 0.29) is 11.9 Å². The van der Waals surface area contributed by atoms with E-state index >= 15 is 0 Å². The van der Waals surface area contributed by atoms with E-state index in [0.717, 1.165) is 16.3 Å². The standard InChI is InChI=1S/C13H13N7OS/c1-8(10-6-20-13(17-10)22-7-15-20)16-11(21)9-5-14-19-4-3-18(2)12(9)19/h3-8H,1-2H3,(H,16,21). The van der Waals surface area contributed by atoms with Crippen LogP contribution < -0.4 is 5.32 Å². The average Bonchev–Trinajstić information content (AvgIpc) is 3.19. The van der Waals surface area contributed by atoms with Gasteiger partial charge >= 0.3 is 0 Å². The van der Waals surface area contributed by atoms with E-state index in [4.69, 9.17) is 0 Å². The zero-order valence-electron chi connectivity index (χ0n) is 12.0. The van der Waals surface area contributed by atoms with Gasteiger partial charge in [-0.1, -0.05) is 11.3 Å². The van der Waals surface area contributed by atoms with Crippen molar-refractivity contribution >= 4 is 27.9 Å². The maximum atomic E-state index is 12.5. The van der Waals surface area contributed by atoms with Crippen molar-refractivity contribution in [2.75, 3.05) is 0 Å². The van der Waals surface area contributed by atoms with Gasteiger partial charge in [0, 0.05) is 19.4 Å². The fourth-order valence-electron chi connectivity index (χ4n) is 2.42. The van der Waals surface area contributed by atoms with Crippen LogP contribution in [0.2, 0.25) is 0 Å². The number of carbonyl (C=O) groups excluding carboxylic acids is 1. The normalized spacial score (nSPS) is 13.0. The first kappa shape index (κ1) is 13.0. The summed E-state index contributed by atoms with van der Waals surface area (Å²) in [6.45, 7) is 1.90. The molecule has 0 aromatic carbocycles. The second kappa shape index (κ2) is 4.67. The van der Waals surface area contributed by atoms with E-state index in [9.17, 15) is 4.79 Å². The average molecular weight is 315 g/mol. The number of nitrogens with zero attached hydrogens (tertiary/aromatic N) is 6. The number of fused-ring (bicyclic) bond motifs is 2. The van der Waals surface area contributed by atoms with Crippen LogP contribution in [-0.2, 0) is 7.05 Å². The number of aromatic nitrogens is 6. The third kappa shape index (κ3) is 1.90. The largest absolute Gasteiger partial charge is 0.344 e. The van der Waals surface area contributed by atoms with E-state index in [1.165, 1.54) is 11.3 Å². The summed E-state index contributed by atoms with van der Waals surface area (Å²) in [6.07, 6.45) is 7.07. The first-order valence-corrected chi connectivity index (χ1v) is 7.60. The minimum atomic E-state index is -0.211. The van der Waals surface area contributed by atoms with Crippen molar-refractivity contribution in [2.45, 2.75) is 13.0 Å². The van der Waals surface area contributed by atoms with Crippen molar-refractivity contribution in [1.29, 1.82) is 0 Å². The van der Waals surface area contributed by atoms with Crippen LogP contribution >= 0.6 is 11.3 Å². The Balaban J connectivity index is 1.60. The summed E-state index contributed by atoms with van der Waals surface area (Å²) in [5.41, 5.74) is 3.81. The smallest absolute Gasteiger partial charge is 0.257 e. The molecule has 1 atom stereocenters. The van der Waals surface area contributed by atoms with Crippen molar-refractivity contribution in [2.24, 2.45) is 7.05 Å². The van der Waals surface area contributed by atoms with Gasteiger partial charge in [0.25, 0.3) is 5.91 Å². The van der Waals surface area contributed by atoms with Gasteiger partial charge in [-0.05, 0) is 6.92 Å². The number of carbonyl (C=O) groups is 1. The molecule has 112 valence electrons. The number of nitrogens with one attached hydrogen (secondary N) is 1. The van der Waals surface area contributed by atoms with Crippen LogP contribution in [0.3, 0.4) is 0 Å². The lowest BCUT2D eigenvalue weighted by atomic mass is 10.2. The van der Waals surface area contributed by atoms with E-state index in [1.807, 2.05) is 37.1 Å². The van der Waals surface area contributed by atoms with Crippen LogP contribution in [0.4, 0.5) is 0 Å². The fraction of sp³-hybridized carbons (Fsp3) is 0.231. The van der Waals surface area contributed by atoms with Crippen molar-refractivity contribution in [1.82, 2.24) is 34.1 Å². The van der Waals surface area contributed by atoms with E-state index < -0.39 is 0 Å². The molecule has 4 heterocycles. The molecule has 1 N–H and O–H groups in total. The molecular weight excluding hydrogens is 302 g/mol. The molecule has 0 fully saturated rings. The highest BCUT2D eigenvalue weighted by Gasteiger charge is 2.19. The van der Waals surface area contributed by atoms with Gasteiger partial charge < -0.3 is 9.88 Å². The molecule has 1 unspecified atom stereocenters. The van der Waals surface area contributed by atoms with Gasteiger partial charge in [-0.25, -0.2) is 14.0 Å². The molecule has 1 amide bonds. The maximum absolute atomic E-state index is 12.5. The molecule has 0 bridgehead atoms. The Kier molecular flexibility index (Phi) is 2.76. The molecule has 0 radical (unpaired) electrons. The third-order valence-electron chi connectivity index (χ3n) is 3.58. The lowest BCUT2D eigenvalue weighted by molar-refractivity contribution is 0.0940. The first-order valence-electron chi connectivity index (χ1n) is 6.72. The zero-order valence-corrected chi connectivity index (χ0v) is 12.8. The van der Waals surface area contributed by atoms with Crippen molar-refractivity contribution in [3.05, 3.63) is 41.6 Å². The quantitative estimate of drug-likeness (QED) is 0.617. The number of imidazole rings is 2. The van der Waals surface area contributed by atoms with E-state index in [1.54, 1.807) is 20.7 Å². The van der Waals surface area contributed by atoms with Gasteiger partial charge in [0.15, 0.2) is 0 Å². The van der Waals surface area contributed by atoms with Gasteiger partial charge in [-0.2, -0.15) is 10.2 Å². The number of hydrogen-bond donors (Lipinski definition) is 1. The summed E-state index contributed by atoms with van der Waals surface area (Å²) in [5, 5.41) is 11.3. The Morgan fingerprint density at radius 1 is 1.32 bits per heavy atom. The van der Waals surface area contributed by atoms with Crippen LogP contribution in [-0.4, -0.2) is 34.7 Å². The molecule has 0 spiro atoms. The SMILES string of the molecule is CC(NC(=O)c1cnn2ccn(C)c12)c1cn2ncsc2n1. The Hall–Kier alpha value is -2.68. The molecule has 9 heteroatoms. The Labute approximate surface area is 129 Å². The molecule has 4 aromatic rings. The number of rotatable bonds is 3. The predicted octanol–water partition coefficient (Wildman–Crippen LogP) is 1.27. The second-order valence-corrected chi connectivity index (χ2v) is 5.87. The van der Waals surface area contributed by atoms with Crippen LogP contribution in [0.25, 0.3) is 10.6 Å². The molecule has 8 nitrogen and oxygen atoms in total. The maximum Gasteiger partial charge on any atom is 0.257 e. The number of amides is 1. The Morgan fingerprint density at radius 2 is 2.18 bits per heavy atom.